The maximum absolute atomic E-state index is 2.74. The van der Waals surface area contributed by atoms with Gasteiger partial charge in [-0.05, 0) is 169 Å². The molecule has 69 heavy (non-hydrogen) atoms. The second-order valence-corrected chi connectivity index (χ2v) is 29.3. The highest BCUT2D eigenvalue weighted by Crippen LogP contribution is 2.71. The molecule has 4 heterocycles. The predicted octanol–water partition coefficient (Wildman–Crippen LogP) is 16.1. The van der Waals surface area contributed by atoms with Crippen LogP contribution in [0.25, 0.3) is 44.8 Å². The maximum atomic E-state index is 2.74. The van der Waals surface area contributed by atoms with Crippen LogP contribution in [0.15, 0.2) is 187 Å². The Morgan fingerprint density at radius 1 is 0.507 bits per heavy atom. The lowest BCUT2D eigenvalue weighted by atomic mass is 9.76. The quantitative estimate of drug-likeness (QED) is 0.0986. The van der Waals surface area contributed by atoms with Crippen molar-refractivity contribution < 1.29 is 0 Å². The predicted molar refractivity (Wildman–Crippen MR) is 299 cm³/mol. The van der Waals surface area contributed by atoms with Crippen molar-refractivity contribution in [3.63, 3.8) is 0 Å². The largest absolute Gasteiger partial charge is 0.332 e. The molecule has 2 nitrogen and oxygen atoms in total. The highest BCUT2D eigenvalue weighted by molar-refractivity contribution is 8.34. The van der Waals surface area contributed by atoms with E-state index < -0.39 is 18.1 Å². The molecule has 4 heteroatoms. The van der Waals surface area contributed by atoms with Crippen LogP contribution in [0.2, 0.25) is 12.1 Å². The van der Waals surface area contributed by atoms with E-state index in [1.807, 2.05) is 0 Å². The normalized spacial score (nSPS) is 22.1. The third kappa shape index (κ3) is 5.79. The van der Waals surface area contributed by atoms with Crippen LogP contribution in [0, 0.1) is 0 Å². The first kappa shape index (κ1) is 40.5. The van der Waals surface area contributed by atoms with Gasteiger partial charge in [0, 0.05) is 38.3 Å². The van der Waals surface area contributed by atoms with Crippen molar-refractivity contribution in [3.05, 3.63) is 204 Å². The van der Waals surface area contributed by atoms with Crippen LogP contribution in [0.5, 0.6) is 0 Å². The molecule has 4 aliphatic heterocycles. The molecular formula is C65H58N2SSi. The zero-order chi connectivity index (χ0) is 45.3. The number of allylic oxidation sites excluding steroid dienone is 2. The summed E-state index contributed by atoms with van der Waals surface area (Å²) in [6.07, 6.45) is 24.9. The van der Waals surface area contributed by atoms with Gasteiger partial charge in [0.1, 0.15) is 8.07 Å². The van der Waals surface area contributed by atoms with Crippen molar-refractivity contribution in [2.75, 3.05) is 21.3 Å². The molecule has 8 aromatic rings. The molecule has 1 saturated carbocycles. The Balaban J connectivity index is 0.743. The van der Waals surface area contributed by atoms with Crippen LogP contribution < -0.4 is 20.2 Å². The molecule has 2 atom stereocenters. The van der Waals surface area contributed by atoms with Crippen molar-refractivity contribution in [2.45, 2.75) is 85.1 Å². The molecule has 2 saturated heterocycles. The van der Waals surface area contributed by atoms with Crippen LogP contribution in [-0.4, -0.2) is 30.9 Å². The van der Waals surface area contributed by atoms with Crippen LogP contribution in [0.3, 0.4) is 0 Å². The molecule has 8 aromatic carbocycles. The van der Waals surface area contributed by atoms with Crippen molar-refractivity contribution in [3.8, 4) is 11.1 Å². The number of para-hydroxylation sites is 3. The van der Waals surface area contributed by atoms with Crippen molar-refractivity contribution in [2.24, 2.45) is 0 Å². The molecule has 0 amide bonds. The molecule has 0 bridgehead atoms. The van der Waals surface area contributed by atoms with E-state index >= 15 is 0 Å². The lowest BCUT2D eigenvalue weighted by Crippen LogP contribution is -2.60. The molecule has 7 aliphatic rings. The summed E-state index contributed by atoms with van der Waals surface area (Å²) in [7, 11) is -2.66. The zero-order valence-electron chi connectivity index (χ0n) is 39.4. The molecule has 15 rings (SSSR count). The maximum Gasteiger partial charge on any atom is 0.123 e. The minimum absolute atomic E-state index is 0.0734. The van der Waals surface area contributed by atoms with E-state index in [0.29, 0.717) is 11.3 Å². The van der Waals surface area contributed by atoms with E-state index in [-0.39, 0.29) is 5.41 Å². The fourth-order valence-corrected chi connectivity index (χ4v) is 25.7. The summed E-state index contributed by atoms with van der Waals surface area (Å²) in [5.74, 6) is 2.75. The van der Waals surface area contributed by atoms with Gasteiger partial charge in [0.05, 0.1) is 11.7 Å². The minimum atomic E-state index is -1.76. The van der Waals surface area contributed by atoms with Gasteiger partial charge in [-0.2, -0.15) is 0 Å². The zero-order valence-corrected chi connectivity index (χ0v) is 41.2. The van der Waals surface area contributed by atoms with Crippen LogP contribution in [-0.2, 0) is 5.41 Å². The number of hydrogen-bond donors (Lipinski definition) is 0. The van der Waals surface area contributed by atoms with E-state index in [0.717, 1.165) is 0 Å². The van der Waals surface area contributed by atoms with Crippen molar-refractivity contribution in [1.82, 2.24) is 0 Å². The first-order valence-electron chi connectivity index (χ1n) is 26.1. The molecular weight excluding hydrogens is 869 g/mol. The van der Waals surface area contributed by atoms with E-state index in [9.17, 15) is 0 Å². The molecule has 338 valence electrons. The number of hydrogen-bond acceptors (Lipinski definition) is 2. The van der Waals surface area contributed by atoms with Crippen molar-refractivity contribution in [1.29, 1.82) is 0 Å². The minimum Gasteiger partial charge on any atom is -0.332 e. The molecule has 3 spiro atoms. The summed E-state index contributed by atoms with van der Waals surface area (Å²) in [5.41, 5.74) is 15.5. The number of nitrogens with zero attached hydrogens (tertiary/aromatic N) is 2. The molecule has 2 unspecified atom stereocenters. The summed E-state index contributed by atoms with van der Waals surface area (Å²) in [6, 6.07) is 65.1. The van der Waals surface area contributed by atoms with Gasteiger partial charge in [-0.1, -0.05) is 165 Å². The average molecular weight is 927 g/mol. The standard InChI is InChI=1S/C65H58N2SSi/c1-5-19-61-57(15-1)66(58-16-2-6-20-62(58)68(61)37-11-12-38-68)50-30-34-54-53-32-26-46(42-55(53)65(56(54)44-50)35-9-10-36-65)24-23-45-25-31-51-47(41-45)27-28-48-43-49(29-33-52(48)51)67-59-17-3-7-21-63(59)69(39-13-14-40-69)64-22-8-4-18-60(64)67/h1-8,15-34,41-44,57,61H,9-14,35-40H2. The van der Waals surface area contributed by atoms with Gasteiger partial charge in [0.25, 0.3) is 0 Å². The Labute approximate surface area is 410 Å². The average Bonchev–Trinajstić information content (AvgIpc) is 4.25. The Morgan fingerprint density at radius 2 is 1.10 bits per heavy atom. The second-order valence-electron chi connectivity index (χ2n) is 21.4. The van der Waals surface area contributed by atoms with Crippen LogP contribution >= 0.6 is 10.0 Å². The van der Waals surface area contributed by atoms with Gasteiger partial charge in [-0.3, -0.25) is 0 Å². The summed E-state index contributed by atoms with van der Waals surface area (Å²) in [4.78, 5) is 6.94. The van der Waals surface area contributed by atoms with Gasteiger partial charge < -0.3 is 9.80 Å². The third-order valence-electron chi connectivity index (χ3n) is 18.2. The fraction of sp³-hybridized carbons (Fsp3) is 0.231. The summed E-state index contributed by atoms with van der Waals surface area (Å²) >= 11 is 0. The molecule has 3 aliphatic carbocycles. The Bertz CT molecular complexity index is 3470. The molecule has 0 radical (unpaired) electrons. The lowest BCUT2D eigenvalue weighted by molar-refractivity contribution is 0.549. The van der Waals surface area contributed by atoms with E-state index in [2.05, 4.69) is 204 Å². The van der Waals surface area contributed by atoms with Gasteiger partial charge in [0.2, 0.25) is 0 Å². The second kappa shape index (κ2) is 15.3. The highest BCUT2D eigenvalue weighted by Gasteiger charge is 2.50. The Kier molecular flexibility index (Phi) is 9.01. The van der Waals surface area contributed by atoms with E-state index in [4.69, 9.17) is 0 Å². The number of benzene rings is 8. The lowest BCUT2D eigenvalue weighted by Gasteiger charge is -2.55. The summed E-state index contributed by atoms with van der Waals surface area (Å²) < 4.78 is 0. The molecule has 0 N–H and O–H groups in total. The van der Waals surface area contributed by atoms with Crippen LogP contribution in [0.1, 0.15) is 73.6 Å². The smallest absolute Gasteiger partial charge is 0.123 e. The van der Waals surface area contributed by atoms with E-state index in [1.165, 1.54) is 147 Å². The van der Waals surface area contributed by atoms with Crippen molar-refractivity contribution >= 4 is 90.6 Å². The fourth-order valence-electron chi connectivity index (χ4n) is 15.2. The van der Waals surface area contributed by atoms with Gasteiger partial charge in [-0.25, -0.2) is 10.0 Å². The number of anilines is 5. The molecule has 0 aromatic heterocycles. The van der Waals surface area contributed by atoms with Crippen LogP contribution in [0.4, 0.5) is 28.4 Å². The first-order valence-corrected chi connectivity index (χ1v) is 30.5. The summed E-state index contributed by atoms with van der Waals surface area (Å²) in [5, 5.41) is 9.02. The SMILES string of the molecule is C1=CC2C(C=C1)S1(CCCC1)c1ccccc1N2c1ccc2c(c1)C1(CCCC1)c1cc(C=Cc3ccc4c(ccc5cc(N6c7ccccc7[Si]7(CCCC7)c7ccccc76)ccc54)c3)ccc1-2. The summed E-state index contributed by atoms with van der Waals surface area (Å²) in [6.45, 7) is 0. The number of fused-ring (bicyclic) bond motifs is 16. The first-order chi connectivity index (χ1) is 34.1. The topological polar surface area (TPSA) is 6.48 Å². The highest BCUT2D eigenvalue weighted by atomic mass is 32.3. The molecule has 3 fully saturated rings. The van der Waals surface area contributed by atoms with Gasteiger partial charge in [-0.15, -0.1) is 0 Å². The third-order valence-corrected chi connectivity index (χ3v) is 28.2. The Morgan fingerprint density at radius 3 is 1.86 bits per heavy atom. The number of rotatable bonds is 4. The Hall–Kier alpha value is -6.33. The van der Waals surface area contributed by atoms with Gasteiger partial charge in [0.15, 0.2) is 0 Å². The van der Waals surface area contributed by atoms with Gasteiger partial charge >= 0.3 is 0 Å². The monoisotopic (exact) mass is 926 g/mol. The van der Waals surface area contributed by atoms with E-state index in [1.54, 1.807) is 26.4 Å².